The lowest BCUT2D eigenvalue weighted by Crippen LogP contribution is -2.54. The van der Waals surface area contributed by atoms with Crippen molar-refractivity contribution in [2.75, 3.05) is 19.0 Å². The molecule has 1 aromatic carbocycles. The number of hydrogen-bond acceptors (Lipinski definition) is 3. The Morgan fingerprint density at radius 2 is 2.00 bits per heavy atom. The molecule has 3 unspecified atom stereocenters. The lowest BCUT2D eigenvalue weighted by molar-refractivity contribution is 0.168. The Kier molecular flexibility index (Phi) is 4.35. The molecule has 1 aliphatic carbocycles. The summed E-state index contributed by atoms with van der Waals surface area (Å²) in [7, 11) is 1.69. The van der Waals surface area contributed by atoms with E-state index in [4.69, 9.17) is 10.5 Å². The van der Waals surface area contributed by atoms with E-state index in [1.54, 1.807) is 7.11 Å². The summed E-state index contributed by atoms with van der Waals surface area (Å²) in [4.78, 5) is 0. The fourth-order valence-electron chi connectivity index (χ4n) is 3.24. The first kappa shape index (κ1) is 14.2. The number of methoxy groups -OCH3 is 1. The summed E-state index contributed by atoms with van der Waals surface area (Å²) in [6, 6.07) is 8.12. The fourth-order valence-corrected chi connectivity index (χ4v) is 3.24. The van der Waals surface area contributed by atoms with Crippen molar-refractivity contribution in [3.05, 3.63) is 24.3 Å². The molecule has 3 N–H and O–H groups in total. The number of benzene rings is 1. The van der Waals surface area contributed by atoms with Crippen LogP contribution in [0.2, 0.25) is 0 Å². The van der Waals surface area contributed by atoms with E-state index in [9.17, 15) is 0 Å². The second kappa shape index (κ2) is 5.83. The van der Waals surface area contributed by atoms with Gasteiger partial charge in [0, 0.05) is 12.2 Å². The Balaban J connectivity index is 2.16. The van der Waals surface area contributed by atoms with E-state index in [0.717, 1.165) is 23.8 Å². The van der Waals surface area contributed by atoms with Crippen molar-refractivity contribution in [1.82, 2.24) is 0 Å². The summed E-state index contributed by atoms with van der Waals surface area (Å²) >= 11 is 0. The van der Waals surface area contributed by atoms with Crippen LogP contribution in [0.1, 0.15) is 33.1 Å². The molecule has 1 aromatic rings. The second-order valence-electron chi connectivity index (χ2n) is 5.87. The van der Waals surface area contributed by atoms with Gasteiger partial charge in [-0.2, -0.15) is 0 Å². The van der Waals surface area contributed by atoms with Crippen LogP contribution in [0, 0.1) is 11.8 Å². The van der Waals surface area contributed by atoms with Crippen LogP contribution in [-0.2, 0) is 0 Å². The van der Waals surface area contributed by atoms with Crippen molar-refractivity contribution in [2.45, 2.75) is 38.6 Å². The van der Waals surface area contributed by atoms with Crippen LogP contribution in [0.4, 0.5) is 5.69 Å². The normalized spacial score (nSPS) is 30.9. The highest BCUT2D eigenvalue weighted by Crippen LogP contribution is 2.39. The Bertz CT molecular complexity index is 404. The number of rotatable bonds is 4. The summed E-state index contributed by atoms with van der Waals surface area (Å²) in [6.45, 7) is 5.35. The van der Waals surface area contributed by atoms with Crippen LogP contribution < -0.4 is 15.8 Å². The average molecular weight is 262 g/mol. The summed E-state index contributed by atoms with van der Waals surface area (Å²) < 4.78 is 5.20. The van der Waals surface area contributed by atoms with Gasteiger partial charge < -0.3 is 15.8 Å². The van der Waals surface area contributed by atoms with Gasteiger partial charge >= 0.3 is 0 Å². The molecule has 2 rings (SSSR count). The highest BCUT2D eigenvalue weighted by atomic mass is 16.5. The molecule has 1 aliphatic rings. The summed E-state index contributed by atoms with van der Waals surface area (Å²) in [6.07, 6.45) is 3.72. The number of nitrogens with one attached hydrogen (secondary N) is 1. The lowest BCUT2D eigenvalue weighted by atomic mass is 9.68. The van der Waals surface area contributed by atoms with Gasteiger partial charge in [0.05, 0.1) is 12.6 Å². The average Bonchev–Trinajstić information content (AvgIpc) is 2.45. The van der Waals surface area contributed by atoms with Crippen LogP contribution >= 0.6 is 0 Å². The Labute approximate surface area is 116 Å². The quantitative estimate of drug-likeness (QED) is 0.875. The van der Waals surface area contributed by atoms with Crippen LogP contribution in [0.5, 0.6) is 5.75 Å². The van der Waals surface area contributed by atoms with Gasteiger partial charge in [-0.15, -0.1) is 0 Å². The number of ether oxygens (including phenoxy) is 1. The minimum Gasteiger partial charge on any atom is -0.497 e. The molecule has 0 aliphatic heterocycles. The van der Waals surface area contributed by atoms with Crippen molar-refractivity contribution < 1.29 is 4.74 Å². The zero-order valence-electron chi connectivity index (χ0n) is 12.3. The molecule has 0 heterocycles. The van der Waals surface area contributed by atoms with Gasteiger partial charge in [0.1, 0.15) is 5.75 Å². The number of nitrogens with two attached hydrogens (primary N) is 1. The Hall–Kier alpha value is -1.22. The third kappa shape index (κ3) is 2.86. The summed E-state index contributed by atoms with van der Waals surface area (Å²) in [5, 5.41) is 3.69. The first-order valence-electron chi connectivity index (χ1n) is 7.23. The number of anilines is 1. The molecular weight excluding hydrogens is 236 g/mol. The van der Waals surface area contributed by atoms with E-state index in [-0.39, 0.29) is 5.54 Å². The van der Waals surface area contributed by atoms with Crippen molar-refractivity contribution in [3.63, 3.8) is 0 Å². The van der Waals surface area contributed by atoms with Crippen molar-refractivity contribution in [3.8, 4) is 5.75 Å². The Morgan fingerprint density at radius 3 is 2.58 bits per heavy atom. The second-order valence-corrected chi connectivity index (χ2v) is 5.87. The van der Waals surface area contributed by atoms with Gasteiger partial charge in [0.25, 0.3) is 0 Å². The van der Waals surface area contributed by atoms with E-state index in [2.05, 4.69) is 31.3 Å². The van der Waals surface area contributed by atoms with E-state index in [1.807, 2.05) is 12.1 Å². The predicted molar refractivity (Wildman–Crippen MR) is 80.6 cm³/mol. The lowest BCUT2D eigenvalue weighted by Gasteiger charge is -2.46. The topological polar surface area (TPSA) is 47.3 Å². The van der Waals surface area contributed by atoms with Gasteiger partial charge in [0.15, 0.2) is 0 Å². The molecule has 3 nitrogen and oxygen atoms in total. The standard InChI is InChI=1S/C16H26N2O/c1-12-5-4-10-16(11-17,13(12)2)18-14-6-8-15(19-3)9-7-14/h6-9,12-13,18H,4-5,10-11,17H2,1-3H3. The maximum atomic E-state index is 6.11. The maximum absolute atomic E-state index is 6.11. The summed E-state index contributed by atoms with van der Waals surface area (Å²) in [5.74, 6) is 2.20. The van der Waals surface area contributed by atoms with Crippen molar-refractivity contribution >= 4 is 5.69 Å². The zero-order chi connectivity index (χ0) is 13.9. The first-order valence-corrected chi connectivity index (χ1v) is 7.23. The minimum absolute atomic E-state index is 0.0340. The van der Waals surface area contributed by atoms with Crippen LogP contribution in [0.25, 0.3) is 0 Å². The molecule has 1 fully saturated rings. The third-order valence-corrected chi connectivity index (χ3v) is 4.86. The molecule has 0 radical (unpaired) electrons. The van der Waals surface area contributed by atoms with E-state index in [0.29, 0.717) is 12.5 Å². The van der Waals surface area contributed by atoms with Crippen LogP contribution in [0.15, 0.2) is 24.3 Å². The highest BCUT2D eigenvalue weighted by molar-refractivity contribution is 5.49. The van der Waals surface area contributed by atoms with Crippen molar-refractivity contribution in [1.29, 1.82) is 0 Å². The molecule has 3 atom stereocenters. The molecule has 0 amide bonds. The molecule has 0 spiro atoms. The van der Waals surface area contributed by atoms with Gasteiger partial charge in [-0.25, -0.2) is 0 Å². The highest BCUT2D eigenvalue weighted by Gasteiger charge is 2.40. The maximum Gasteiger partial charge on any atom is 0.119 e. The van der Waals surface area contributed by atoms with E-state index >= 15 is 0 Å². The van der Waals surface area contributed by atoms with Crippen LogP contribution in [-0.4, -0.2) is 19.2 Å². The van der Waals surface area contributed by atoms with Gasteiger partial charge in [-0.05, 0) is 42.5 Å². The molecule has 0 aromatic heterocycles. The molecule has 106 valence electrons. The van der Waals surface area contributed by atoms with Gasteiger partial charge in [-0.3, -0.25) is 0 Å². The van der Waals surface area contributed by atoms with E-state index < -0.39 is 0 Å². The minimum atomic E-state index is 0.0340. The molecule has 0 saturated heterocycles. The Morgan fingerprint density at radius 1 is 1.32 bits per heavy atom. The van der Waals surface area contributed by atoms with Gasteiger partial charge in [-0.1, -0.05) is 26.7 Å². The fraction of sp³-hybridized carbons (Fsp3) is 0.625. The van der Waals surface area contributed by atoms with Crippen LogP contribution in [0.3, 0.4) is 0 Å². The van der Waals surface area contributed by atoms with Crippen molar-refractivity contribution in [2.24, 2.45) is 17.6 Å². The third-order valence-electron chi connectivity index (χ3n) is 4.86. The monoisotopic (exact) mass is 262 g/mol. The molecule has 1 saturated carbocycles. The van der Waals surface area contributed by atoms with E-state index in [1.165, 1.54) is 12.8 Å². The molecule has 0 bridgehead atoms. The predicted octanol–water partition coefficient (Wildman–Crippen LogP) is 3.26. The first-order chi connectivity index (χ1) is 9.11. The van der Waals surface area contributed by atoms with Gasteiger partial charge in [0.2, 0.25) is 0 Å². The number of hydrogen-bond donors (Lipinski definition) is 2. The SMILES string of the molecule is COc1ccc(NC2(CN)CCCC(C)C2C)cc1. The zero-order valence-corrected chi connectivity index (χ0v) is 12.3. The smallest absolute Gasteiger partial charge is 0.119 e. The largest absolute Gasteiger partial charge is 0.497 e. The summed E-state index contributed by atoms with van der Waals surface area (Å²) in [5.41, 5.74) is 7.27. The molecule has 19 heavy (non-hydrogen) atoms. The molecule has 3 heteroatoms. The molecular formula is C16H26N2O.